The summed E-state index contributed by atoms with van der Waals surface area (Å²) in [7, 11) is 4.17. The van der Waals surface area contributed by atoms with Crippen molar-refractivity contribution in [3.8, 4) is 11.8 Å². The fraction of sp³-hybridized carbons (Fsp3) is 0.364. The normalized spacial score (nSPS) is 9.86. The molecule has 1 N–H and O–H groups in total. The van der Waals surface area contributed by atoms with Gasteiger partial charge >= 0.3 is 0 Å². The van der Waals surface area contributed by atoms with E-state index >= 15 is 0 Å². The van der Waals surface area contributed by atoms with Gasteiger partial charge in [-0.1, -0.05) is 0 Å². The molecule has 0 atom stereocenters. The van der Waals surface area contributed by atoms with Crippen LogP contribution in [0.2, 0.25) is 0 Å². The summed E-state index contributed by atoms with van der Waals surface area (Å²) in [5, 5.41) is 8.58. The van der Waals surface area contributed by atoms with E-state index in [9.17, 15) is 0 Å². The van der Waals surface area contributed by atoms with E-state index in [1.54, 1.807) is 12.1 Å². The standard InChI is InChI=1S/C11H14N2O/c1-13(2)7-8-14-11-5-3-10(9-12)4-6-11/h3-6H,7-8H2,1-2H3/p+1. The lowest BCUT2D eigenvalue weighted by Gasteiger charge is -2.08. The van der Waals surface area contributed by atoms with E-state index < -0.39 is 0 Å². The van der Waals surface area contributed by atoms with Crippen molar-refractivity contribution in [3.05, 3.63) is 29.8 Å². The molecule has 3 heteroatoms. The zero-order valence-electron chi connectivity index (χ0n) is 8.58. The second kappa shape index (κ2) is 5.25. The molecule has 1 rings (SSSR count). The highest BCUT2D eigenvalue weighted by Crippen LogP contribution is 2.10. The minimum absolute atomic E-state index is 0.663. The van der Waals surface area contributed by atoms with Gasteiger partial charge in [-0.3, -0.25) is 0 Å². The molecule has 0 spiro atoms. The SMILES string of the molecule is C[NH+](C)CCOc1ccc(C#N)cc1. The van der Waals surface area contributed by atoms with Gasteiger partial charge in [0.05, 0.1) is 25.7 Å². The van der Waals surface area contributed by atoms with Crippen LogP contribution >= 0.6 is 0 Å². The van der Waals surface area contributed by atoms with Gasteiger partial charge in [0.15, 0.2) is 0 Å². The summed E-state index contributed by atoms with van der Waals surface area (Å²) in [4.78, 5) is 1.36. The van der Waals surface area contributed by atoms with Gasteiger partial charge in [-0.2, -0.15) is 5.26 Å². The topological polar surface area (TPSA) is 37.5 Å². The minimum atomic E-state index is 0.663. The van der Waals surface area contributed by atoms with Gasteiger partial charge in [-0.05, 0) is 24.3 Å². The maximum atomic E-state index is 8.58. The number of nitriles is 1. The Bertz CT molecular complexity index is 311. The van der Waals surface area contributed by atoms with Crippen molar-refractivity contribution < 1.29 is 9.64 Å². The Balaban J connectivity index is 2.41. The number of hydrogen-bond donors (Lipinski definition) is 1. The third kappa shape index (κ3) is 3.46. The average molecular weight is 191 g/mol. The van der Waals surface area contributed by atoms with Crippen molar-refractivity contribution in [1.82, 2.24) is 0 Å². The fourth-order valence-electron chi connectivity index (χ4n) is 0.999. The molecule has 0 saturated heterocycles. The monoisotopic (exact) mass is 191 g/mol. The smallest absolute Gasteiger partial charge is 0.137 e. The molecule has 0 aliphatic carbocycles. The van der Waals surface area contributed by atoms with E-state index in [0.717, 1.165) is 12.3 Å². The summed E-state index contributed by atoms with van der Waals surface area (Å²) in [5.41, 5.74) is 0.663. The second-order valence-corrected chi connectivity index (χ2v) is 3.44. The van der Waals surface area contributed by atoms with Crippen LogP contribution in [0, 0.1) is 11.3 Å². The summed E-state index contributed by atoms with van der Waals surface area (Å²) >= 11 is 0. The summed E-state index contributed by atoms with van der Waals surface area (Å²) in [6.07, 6.45) is 0. The van der Waals surface area contributed by atoms with E-state index in [4.69, 9.17) is 10.00 Å². The number of rotatable bonds is 4. The van der Waals surface area contributed by atoms with Gasteiger partial charge in [-0.15, -0.1) is 0 Å². The molecule has 14 heavy (non-hydrogen) atoms. The molecule has 0 bridgehead atoms. The number of quaternary nitrogens is 1. The van der Waals surface area contributed by atoms with Crippen LogP contribution in [0.15, 0.2) is 24.3 Å². The molecule has 0 heterocycles. The van der Waals surface area contributed by atoms with Gasteiger partial charge in [0.25, 0.3) is 0 Å². The predicted molar refractivity (Wildman–Crippen MR) is 54.3 cm³/mol. The highest BCUT2D eigenvalue weighted by molar-refractivity contribution is 5.34. The maximum Gasteiger partial charge on any atom is 0.137 e. The summed E-state index contributed by atoms with van der Waals surface area (Å²) < 4.78 is 5.49. The molecule has 0 fully saturated rings. The lowest BCUT2D eigenvalue weighted by atomic mass is 10.2. The number of ether oxygens (including phenoxy) is 1. The van der Waals surface area contributed by atoms with Gasteiger partial charge in [-0.25, -0.2) is 0 Å². The van der Waals surface area contributed by atoms with Crippen LogP contribution in [0.1, 0.15) is 5.56 Å². The molecule has 0 aliphatic rings. The van der Waals surface area contributed by atoms with E-state index in [-0.39, 0.29) is 0 Å². The largest absolute Gasteiger partial charge is 0.488 e. The highest BCUT2D eigenvalue weighted by Gasteiger charge is 1.96. The first-order valence-electron chi connectivity index (χ1n) is 4.64. The van der Waals surface area contributed by atoms with Gasteiger partial charge in [0.1, 0.15) is 18.9 Å². The number of likely N-dealkylation sites (N-methyl/N-ethyl adjacent to an activating group) is 1. The molecule has 3 nitrogen and oxygen atoms in total. The second-order valence-electron chi connectivity index (χ2n) is 3.44. The van der Waals surface area contributed by atoms with Crippen molar-refractivity contribution in [2.75, 3.05) is 27.2 Å². The molecule has 0 unspecified atom stereocenters. The Labute approximate surface area is 84.5 Å². The van der Waals surface area contributed by atoms with Crippen molar-refractivity contribution in [2.45, 2.75) is 0 Å². The molecule has 0 aromatic heterocycles. The maximum absolute atomic E-state index is 8.58. The summed E-state index contributed by atoms with van der Waals surface area (Å²) in [5.74, 6) is 0.824. The van der Waals surface area contributed by atoms with E-state index in [2.05, 4.69) is 20.2 Å². The first-order chi connectivity index (χ1) is 6.72. The van der Waals surface area contributed by atoms with Gasteiger partial charge < -0.3 is 9.64 Å². The number of benzene rings is 1. The Hall–Kier alpha value is -1.53. The number of nitrogens with zero attached hydrogens (tertiary/aromatic N) is 1. The number of hydrogen-bond acceptors (Lipinski definition) is 2. The first kappa shape index (κ1) is 10.6. The average Bonchev–Trinajstić information content (AvgIpc) is 2.18. The van der Waals surface area contributed by atoms with Gasteiger partial charge in [0.2, 0.25) is 0 Å². The Morgan fingerprint density at radius 2 is 1.93 bits per heavy atom. The van der Waals surface area contributed by atoms with E-state index in [1.165, 1.54) is 4.90 Å². The molecular formula is C11H15N2O+. The number of nitrogens with one attached hydrogen (secondary N) is 1. The third-order valence-corrected chi connectivity index (χ3v) is 1.85. The van der Waals surface area contributed by atoms with Crippen LogP contribution in [-0.4, -0.2) is 27.2 Å². The third-order valence-electron chi connectivity index (χ3n) is 1.85. The predicted octanol–water partition coefficient (Wildman–Crippen LogP) is 0.0816. The lowest BCUT2D eigenvalue weighted by molar-refractivity contribution is -0.858. The van der Waals surface area contributed by atoms with Crippen LogP contribution < -0.4 is 9.64 Å². The van der Waals surface area contributed by atoms with E-state index in [0.29, 0.717) is 12.2 Å². The molecular weight excluding hydrogens is 176 g/mol. The van der Waals surface area contributed by atoms with Crippen LogP contribution in [0.25, 0.3) is 0 Å². The lowest BCUT2D eigenvalue weighted by Crippen LogP contribution is -3.06. The highest BCUT2D eigenvalue weighted by atomic mass is 16.5. The van der Waals surface area contributed by atoms with Crippen LogP contribution in [-0.2, 0) is 0 Å². The zero-order chi connectivity index (χ0) is 10.4. The molecule has 0 radical (unpaired) electrons. The Morgan fingerprint density at radius 1 is 1.29 bits per heavy atom. The fourth-order valence-corrected chi connectivity index (χ4v) is 0.999. The molecule has 1 aromatic rings. The van der Waals surface area contributed by atoms with Crippen LogP contribution in [0.5, 0.6) is 5.75 Å². The zero-order valence-corrected chi connectivity index (χ0v) is 8.58. The van der Waals surface area contributed by atoms with Crippen molar-refractivity contribution in [3.63, 3.8) is 0 Å². The minimum Gasteiger partial charge on any atom is -0.488 e. The molecule has 0 saturated carbocycles. The van der Waals surface area contributed by atoms with Crippen molar-refractivity contribution in [2.24, 2.45) is 0 Å². The van der Waals surface area contributed by atoms with E-state index in [1.807, 2.05) is 12.1 Å². The Kier molecular flexibility index (Phi) is 3.96. The molecule has 0 amide bonds. The van der Waals surface area contributed by atoms with Crippen molar-refractivity contribution >= 4 is 0 Å². The first-order valence-corrected chi connectivity index (χ1v) is 4.64. The Morgan fingerprint density at radius 3 is 2.43 bits per heavy atom. The summed E-state index contributed by atoms with van der Waals surface area (Å²) in [6.45, 7) is 1.67. The molecule has 1 aromatic carbocycles. The molecule has 74 valence electrons. The molecule has 0 aliphatic heterocycles. The van der Waals surface area contributed by atoms with Crippen LogP contribution in [0.3, 0.4) is 0 Å². The van der Waals surface area contributed by atoms with Gasteiger partial charge in [0, 0.05) is 0 Å². The van der Waals surface area contributed by atoms with Crippen LogP contribution in [0.4, 0.5) is 0 Å². The summed E-state index contributed by atoms with van der Waals surface area (Å²) in [6, 6.07) is 9.24. The van der Waals surface area contributed by atoms with Crippen molar-refractivity contribution in [1.29, 1.82) is 5.26 Å². The quantitative estimate of drug-likeness (QED) is 0.732.